The van der Waals surface area contributed by atoms with E-state index in [2.05, 4.69) is 51.3 Å². The van der Waals surface area contributed by atoms with Crippen molar-refractivity contribution in [1.82, 2.24) is 9.97 Å². The van der Waals surface area contributed by atoms with Crippen LogP contribution in [0.4, 0.5) is 0 Å². The van der Waals surface area contributed by atoms with Gasteiger partial charge in [-0.3, -0.25) is 0 Å². The topological polar surface area (TPSA) is 99.4 Å². The predicted molar refractivity (Wildman–Crippen MR) is 144 cm³/mol. The Hall–Kier alpha value is -3.07. The average molecular weight is 542 g/mol. The number of nitrogens with one attached hydrogen (secondary N) is 2. The van der Waals surface area contributed by atoms with Gasteiger partial charge in [0.1, 0.15) is 0 Å². The predicted octanol–water partition coefficient (Wildman–Crippen LogP) is 6.71. The molecular formula is C26H31IN4O. The first-order valence-corrected chi connectivity index (χ1v) is 12.2. The second kappa shape index (κ2) is 18.7. The Labute approximate surface area is 204 Å². The molecule has 4 rings (SSSR count). The number of aromatic nitrogens is 2. The van der Waals surface area contributed by atoms with E-state index in [1.807, 2.05) is 72.8 Å². The van der Waals surface area contributed by atoms with Crippen LogP contribution in [0.15, 0.2) is 73.6 Å². The summed E-state index contributed by atoms with van der Waals surface area (Å²) in [6.07, 6.45) is 6.50. The summed E-state index contributed by atoms with van der Waals surface area (Å²) >= 11 is 2.15. The van der Waals surface area contributed by atoms with Gasteiger partial charge in [-0.1, -0.05) is 65.1 Å². The van der Waals surface area contributed by atoms with Crippen LogP contribution in [0, 0.1) is 22.7 Å². The van der Waals surface area contributed by atoms with Gasteiger partial charge in [0.2, 0.25) is 0 Å². The number of aliphatic hydroxyl groups excluding tert-OH is 1. The van der Waals surface area contributed by atoms with Crippen molar-refractivity contribution >= 4 is 44.4 Å². The lowest BCUT2D eigenvalue weighted by Crippen LogP contribution is -1.75. The van der Waals surface area contributed by atoms with Crippen molar-refractivity contribution in [2.75, 3.05) is 11.5 Å². The van der Waals surface area contributed by atoms with Gasteiger partial charge in [-0.2, -0.15) is 10.5 Å². The highest BCUT2D eigenvalue weighted by Gasteiger charge is 2.01. The number of para-hydroxylation sites is 2. The number of H-pyrrole nitrogens is 2. The number of fused-ring (bicyclic) bond motifs is 2. The molecule has 0 amide bonds. The molecule has 0 saturated carbocycles. The van der Waals surface area contributed by atoms with Gasteiger partial charge < -0.3 is 15.1 Å². The van der Waals surface area contributed by atoms with Crippen molar-refractivity contribution < 1.29 is 5.11 Å². The zero-order chi connectivity index (χ0) is 24.2. The Morgan fingerprint density at radius 3 is 1.50 bits per heavy atom. The van der Waals surface area contributed by atoms with Gasteiger partial charge in [-0.05, 0) is 42.0 Å². The molecule has 0 saturated heterocycles. The van der Waals surface area contributed by atoms with Crippen molar-refractivity contribution in [3.8, 4) is 12.1 Å². The summed E-state index contributed by atoms with van der Waals surface area (Å²) in [4.78, 5) is 8.21. The molecule has 0 spiro atoms. The molecule has 0 unspecified atom stereocenters. The van der Waals surface area contributed by atoms with Gasteiger partial charge in [0.15, 0.2) is 0 Å². The quantitative estimate of drug-likeness (QED) is 0.149. The van der Waals surface area contributed by atoms with Crippen molar-refractivity contribution in [2.45, 2.75) is 26.7 Å². The van der Waals surface area contributed by atoms with Gasteiger partial charge >= 0.3 is 0 Å². The summed E-state index contributed by atoms with van der Waals surface area (Å²) < 4.78 is 0. The molecule has 0 radical (unpaired) electrons. The fourth-order valence-electron chi connectivity index (χ4n) is 2.73. The Kier molecular flexibility index (Phi) is 16.9. The molecule has 0 aliphatic heterocycles. The number of hydrogen-bond donors (Lipinski definition) is 3. The minimum Gasteiger partial charge on any atom is -0.397 e. The molecule has 0 atom stereocenters. The fraction of sp³-hybridized carbons (Fsp3) is 0.231. The maximum absolute atomic E-state index is 8.53. The van der Waals surface area contributed by atoms with Crippen LogP contribution >= 0.6 is 22.6 Å². The number of alkyl halides is 1. The normalized spacial score (nSPS) is 8.59. The van der Waals surface area contributed by atoms with Crippen molar-refractivity contribution in [3.63, 3.8) is 0 Å². The molecule has 0 aliphatic rings. The number of benzene rings is 2. The average Bonchev–Trinajstić information content (AvgIpc) is 3.42. The molecule has 5 nitrogen and oxygen atoms in total. The van der Waals surface area contributed by atoms with E-state index in [0.717, 1.165) is 32.9 Å². The highest BCUT2D eigenvalue weighted by Crippen LogP contribution is 2.18. The summed E-state index contributed by atoms with van der Waals surface area (Å²) in [5, 5.41) is 26.9. The third kappa shape index (κ3) is 9.82. The molecule has 6 heteroatoms. The first-order valence-electron chi connectivity index (χ1n) is 10.1. The fourth-order valence-corrected chi connectivity index (χ4v) is 2.73. The van der Waals surface area contributed by atoms with E-state index in [0.29, 0.717) is 12.8 Å². The number of nitriles is 2. The third-order valence-electron chi connectivity index (χ3n) is 3.89. The molecule has 32 heavy (non-hydrogen) atoms. The first-order chi connectivity index (χ1) is 15.7. The minimum absolute atomic E-state index is 0.250. The number of allylic oxidation sites excluding steroid dienone is 1. The van der Waals surface area contributed by atoms with E-state index in [1.165, 1.54) is 0 Å². The molecule has 0 fully saturated rings. The Morgan fingerprint density at radius 1 is 0.875 bits per heavy atom. The van der Waals surface area contributed by atoms with Crippen LogP contribution in [-0.2, 0) is 12.8 Å². The standard InChI is InChI=1S/2C10H8N2.C3H6.C2H6O.CH3I/c2*11-6-5-8-7-12-10-4-2-1-3-9(8)10;1-3-2;1-2-3;1-2/h2*1-4,7,12H,5H2;3H,1H2,2H3;3H,2H2,1H3;1H3. The van der Waals surface area contributed by atoms with E-state index in [-0.39, 0.29) is 6.61 Å². The number of hydrogen-bond acceptors (Lipinski definition) is 3. The van der Waals surface area contributed by atoms with Crippen LogP contribution in [0.3, 0.4) is 0 Å². The largest absolute Gasteiger partial charge is 0.397 e. The number of nitrogens with zero attached hydrogens (tertiary/aromatic N) is 2. The lowest BCUT2D eigenvalue weighted by Gasteiger charge is -1.89. The Morgan fingerprint density at radius 2 is 1.19 bits per heavy atom. The zero-order valence-electron chi connectivity index (χ0n) is 18.9. The van der Waals surface area contributed by atoms with Gasteiger partial charge in [0.25, 0.3) is 0 Å². The zero-order valence-corrected chi connectivity index (χ0v) is 21.1. The summed E-state index contributed by atoms with van der Waals surface area (Å²) in [6, 6.07) is 20.3. The summed E-state index contributed by atoms with van der Waals surface area (Å²) in [5.41, 5.74) is 4.35. The van der Waals surface area contributed by atoms with Crippen LogP contribution < -0.4 is 0 Å². The van der Waals surface area contributed by atoms with Crippen LogP contribution in [0.5, 0.6) is 0 Å². The van der Waals surface area contributed by atoms with Gasteiger partial charge in [0.05, 0.1) is 25.0 Å². The van der Waals surface area contributed by atoms with Crippen LogP contribution in [0.1, 0.15) is 25.0 Å². The molecular weight excluding hydrogens is 511 g/mol. The SMILES string of the molecule is C=CC.CCO.CI.N#CCc1c[nH]c2ccccc12.N#CCc1c[nH]c2ccccc12. The maximum Gasteiger partial charge on any atom is 0.0670 e. The molecule has 2 aromatic carbocycles. The number of halogens is 1. The van der Waals surface area contributed by atoms with E-state index in [1.54, 1.807) is 13.0 Å². The maximum atomic E-state index is 8.53. The number of aromatic amines is 2. The van der Waals surface area contributed by atoms with Crippen LogP contribution in [-0.4, -0.2) is 26.6 Å². The van der Waals surface area contributed by atoms with Crippen LogP contribution in [0.25, 0.3) is 21.8 Å². The van der Waals surface area contributed by atoms with Gasteiger partial charge in [-0.25, -0.2) is 0 Å². The second-order valence-corrected chi connectivity index (χ2v) is 6.11. The van der Waals surface area contributed by atoms with E-state index >= 15 is 0 Å². The Bertz CT molecular complexity index is 1030. The van der Waals surface area contributed by atoms with Crippen LogP contribution in [0.2, 0.25) is 0 Å². The van der Waals surface area contributed by atoms with E-state index in [9.17, 15) is 0 Å². The smallest absolute Gasteiger partial charge is 0.0670 e. The van der Waals surface area contributed by atoms with Crippen molar-refractivity contribution in [1.29, 1.82) is 10.5 Å². The second-order valence-electron chi connectivity index (χ2n) is 6.11. The number of aliphatic hydroxyl groups is 1. The summed E-state index contributed by atoms with van der Waals surface area (Å²) in [7, 11) is 0. The van der Waals surface area contributed by atoms with E-state index in [4.69, 9.17) is 15.6 Å². The molecule has 0 aliphatic carbocycles. The number of rotatable bonds is 2. The van der Waals surface area contributed by atoms with Gasteiger partial charge in [0, 0.05) is 40.8 Å². The molecule has 2 heterocycles. The van der Waals surface area contributed by atoms with Crippen molar-refractivity contribution in [2.24, 2.45) is 0 Å². The monoisotopic (exact) mass is 542 g/mol. The first kappa shape index (κ1) is 28.9. The lowest BCUT2D eigenvalue weighted by atomic mass is 10.1. The van der Waals surface area contributed by atoms with Crippen molar-refractivity contribution in [3.05, 3.63) is 84.7 Å². The molecule has 4 aromatic rings. The minimum atomic E-state index is 0.250. The summed E-state index contributed by atoms with van der Waals surface area (Å²) in [6.45, 7) is 7.18. The highest BCUT2D eigenvalue weighted by atomic mass is 127. The third-order valence-corrected chi connectivity index (χ3v) is 3.89. The molecule has 168 valence electrons. The Balaban J connectivity index is 0.000000456. The molecule has 0 bridgehead atoms. The molecule has 2 aromatic heterocycles. The highest BCUT2D eigenvalue weighted by molar-refractivity contribution is 14.1. The lowest BCUT2D eigenvalue weighted by molar-refractivity contribution is 0.318. The molecule has 3 N–H and O–H groups in total. The summed E-state index contributed by atoms with van der Waals surface area (Å²) in [5.74, 6) is 0. The van der Waals surface area contributed by atoms with E-state index < -0.39 is 0 Å². The van der Waals surface area contributed by atoms with Gasteiger partial charge in [-0.15, -0.1) is 6.58 Å².